The lowest BCUT2D eigenvalue weighted by Crippen LogP contribution is -1.82. The van der Waals surface area contributed by atoms with Crippen molar-refractivity contribution in [3.05, 3.63) is 29.3 Å². The second kappa shape index (κ2) is 3.94. The van der Waals surface area contributed by atoms with Crippen LogP contribution in [0.25, 0.3) is 11.4 Å². The predicted octanol–water partition coefficient (Wildman–Crippen LogP) is 2.87. The number of rotatable bonds is 2. The van der Waals surface area contributed by atoms with E-state index in [1.807, 2.05) is 24.3 Å². The van der Waals surface area contributed by atoms with Crippen molar-refractivity contribution in [3.8, 4) is 16.6 Å². The molecule has 0 amide bonds. The van der Waals surface area contributed by atoms with Crippen LogP contribution in [0.3, 0.4) is 0 Å². The Labute approximate surface area is 90.5 Å². The molecular formula is C9H7ClN2OS. The van der Waals surface area contributed by atoms with Gasteiger partial charge in [0.1, 0.15) is 0 Å². The van der Waals surface area contributed by atoms with Gasteiger partial charge in [-0.15, -0.1) is 0 Å². The lowest BCUT2D eigenvalue weighted by atomic mass is 10.2. The average molecular weight is 227 g/mol. The summed E-state index contributed by atoms with van der Waals surface area (Å²) in [5.41, 5.74) is 0.939. The Bertz CT molecular complexity index is 427. The first-order valence-corrected chi connectivity index (χ1v) is 5.08. The van der Waals surface area contributed by atoms with E-state index in [0.29, 0.717) is 16.0 Å². The molecule has 1 aromatic carbocycles. The maximum atomic E-state index is 5.77. The second-order valence-electron chi connectivity index (χ2n) is 2.59. The smallest absolute Gasteiger partial charge is 0.293 e. The minimum absolute atomic E-state index is 0.565. The molecule has 2 aromatic rings. The van der Waals surface area contributed by atoms with Crippen LogP contribution in [0.2, 0.25) is 5.02 Å². The molecule has 0 fully saturated rings. The van der Waals surface area contributed by atoms with Gasteiger partial charge in [-0.2, -0.15) is 9.36 Å². The highest BCUT2D eigenvalue weighted by atomic mass is 35.5. The van der Waals surface area contributed by atoms with Crippen molar-refractivity contribution in [1.29, 1.82) is 0 Å². The molecule has 0 radical (unpaired) electrons. The van der Waals surface area contributed by atoms with E-state index in [2.05, 4.69) is 9.36 Å². The standard InChI is InChI=1S/C9H7ClN2OS/c1-13-9-11-8(12-14-9)6-2-4-7(10)5-3-6/h2-5H,1H3. The third-order valence-electron chi connectivity index (χ3n) is 1.68. The fraction of sp³-hybridized carbons (Fsp3) is 0.111. The van der Waals surface area contributed by atoms with Gasteiger partial charge >= 0.3 is 0 Å². The summed E-state index contributed by atoms with van der Waals surface area (Å²) in [4.78, 5) is 4.17. The highest BCUT2D eigenvalue weighted by molar-refractivity contribution is 7.07. The van der Waals surface area contributed by atoms with Crippen molar-refractivity contribution >= 4 is 23.1 Å². The van der Waals surface area contributed by atoms with Crippen molar-refractivity contribution in [2.45, 2.75) is 0 Å². The molecule has 0 unspecified atom stereocenters. The van der Waals surface area contributed by atoms with Gasteiger partial charge in [0.2, 0.25) is 0 Å². The van der Waals surface area contributed by atoms with E-state index in [0.717, 1.165) is 5.56 Å². The van der Waals surface area contributed by atoms with E-state index >= 15 is 0 Å². The molecule has 5 heteroatoms. The number of methoxy groups -OCH3 is 1. The maximum absolute atomic E-state index is 5.77. The summed E-state index contributed by atoms with van der Waals surface area (Å²) in [7, 11) is 1.58. The van der Waals surface area contributed by atoms with Gasteiger partial charge in [-0.3, -0.25) is 0 Å². The first-order valence-electron chi connectivity index (χ1n) is 3.93. The van der Waals surface area contributed by atoms with E-state index in [4.69, 9.17) is 16.3 Å². The summed E-state index contributed by atoms with van der Waals surface area (Å²) in [6.45, 7) is 0. The van der Waals surface area contributed by atoms with Crippen molar-refractivity contribution < 1.29 is 4.74 Å². The van der Waals surface area contributed by atoms with Crippen molar-refractivity contribution in [2.24, 2.45) is 0 Å². The van der Waals surface area contributed by atoms with Gasteiger partial charge in [-0.05, 0) is 24.3 Å². The molecule has 0 N–H and O–H groups in total. The first-order chi connectivity index (χ1) is 6.79. The number of halogens is 1. The van der Waals surface area contributed by atoms with Crippen LogP contribution < -0.4 is 4.74 Å². The Morgan fingerprint density at radius 3 is 2.57 bits per heavy atom. The normalized spacial score (nSPS) is 10.1. The summed E-state index contributed by atoms with van der Waals surface area (Å²) in [5, 5.41) is 1.27. The number of benzene rings is 1. The van der Waals surface area contributed by atoms with Gasteiger partial charge in [0, 0.05) is 22.1 Å². The predicted molar refractivity (Wildman–Crippen MR) is 56.9 cm³/mol. The summed E-state index contributed by atoms with van der Waals surface area (Å²) in [6.07, 6.45) is 0. The summed E-state index contributed by atoms with van der Waals surface area (Å²) < 4.78 is 9.11. The molecule has 3 nitrogen and oxygen atoms in total. The number of aromatic nitrogens is 2. The molecule has 0 saturated heterocycles. The molecule has 0 aliphatic carbocycles. The summed E-state index contributed by atoms with van der Waals surface area (Å²) in [5.74, 6) is 0.670. The highest BCUT2D eigenvalue weighted by Crippen LogP contribution is 2.23. The zero-order valence-electron chi connectivity index (χ0n) is 7.40. The molecule has 72 valence electrons. The summed E-state index contributed by atoms with van der Waals surface area (Å²) in [6, 6.07) is 7.38. The molecule has 0 aliphatic heterocycles. The zero-order chi connectivity index (χ0) is 9.97. The highest BCUT2D eigenvalue weighted by Gasteiger charge is 2.05. The SMILES string of the molecule is COc1nc(-c2ccc(Cl)cc2)ns1. The third-order valence-corrected chi connectivity index (χ3v) is 2.61. The Balaban J connectivity index is 2.34. The Morgan fingerprint density at radius 2 is 2.00 bits per heavy atom. The van der Waals surface area contributed by atoms with E-state index < -0.39 is 0 Å². The monoisotopic (exact) mass is 226 g/mol. The van der Waals surface area contributed by atoms with Crippen molar-refractivity contribution in [1.82, 2.24) is 9.36 Å². The number of nitrogens with zero attached hydrogens (tertiary/aromatic N) is 2. The van der Waals surface area contributed by atoms with Crippen molar-refractivity contribution in [2.75, 3.05) is 7.11 Å². The maximum Gasteiger partial charge on any atom is 0.293 e. The van der Waals surface area contributed by atoms with Gasteiger partial charge in [0.25, 0.3) is 5.19 Å². The zero-order valence-corrected chi connectivity index (χ0v) is 8.97. The van der Waals surface area contributed by atoms with Crippen LogP contribution in [0.15, 0.2) is 24.3 Å². The topological polar surface area (TPSA) is 35.0 Å². The minimum atomic E-state index is 0.565. The molecular weight excluding hydrogens is 220 g/mol. The van der Waals surface area contributed by atoms with Crippen LogP contribution in [-0.2, 0) is 0 Å². The molecule has 0 bridgehead atoms. The number of ether oxygens (including phenoxy) is 1. The minimum Gasteiger partial charge on any atom is -0.472 e. The van der Waals surface area contributed by atoms with E-state index in [-0.39, 0.29) is 0 Å². The van der Waals surface area contributed by atoms with E-state index in [1.54, 1.807) is 7.11 Å². The first kappa shape index (κ1) is 9.43. The average Bonchev–Trinajstić information content (AvgIpc) is 2.67. The Morgan fingerprint density at radius 1 is 1.29 bits per heavy atom. The molecule has 0 aliphatic rings. The van der Waals surface area contributed by atoms with Gasteiger partial charge < -0.3 is 4.74 Å². The molecule has 1 aromatic heterocycles. The van der Waals surface area contributed by atoms with E-state index in [9.17, 15) is 0 Å². The lowest BCUT2D eigenvalue weighted by Gasteiger charge is -1.94. The van der Waals surface area contributed by atoms with Gasteiger partial charge in [0.05, 0.1) is 7.11 Å². The molecule has 14 heavy (non-hydrogen) atoms. The molecule has 0 saturated carbocycles. The third kappa shape index (κ3) is 1.86. The van der Waals surface area contributed by atoms with Crippen LogP contribution in [0.4, 0.5) is 0 Å². The quantitative estimate of drug-likeness (QED) is 0.790. The molecule has 0 spiro atoms. The van der Waals surface area contributed by atoms with Gasteiger partial charge in [-0.1, -0.05) is 11.6 Å². The molecule has 1 heterocycles. The van der Waals surface area contributed by atoms with E-state index in [1.165, 1.54) is 11.5 Å². The van der Waals surface area contributed by atoms with Crippen LogP contribution in [-0.4, -0.2) is 16.5 Å². The van der Waals surface area contributed by atoms with Crippen molar-refractivity contribution in [3.63, 3.8) is 0 Å². The van der Waals surface area contributed by atoms with Gasteiger partial charge in [-0.25, -0.2) is 0 Å². The lowest BCUT2D eigenvalue weighted by molar-refractivity contribution is 0.412. The Hall–Kier alpha value is -1.13. The fourth-order valence-corrected chi connectivity index (χ4v) is 1.65. The van der Waals surface area contributed by atoms with Crippen LogP contribution in [0.1, 0.15) is 0 Å². The van der Waals surface area contributed by atoms with Crippen LogP contribution in [0, 0.1) is 0 Å². The molecule has 0 atom stereocenters. The fourth-order valence-electron chi connectivity index (χ4n) is 1.01. The van der Waals surface area contributed by atoms with Gasteiger partial charge in [0.15, 0.2) is 5.82 Å². The number of hydrogen-bond donors (Lipinski definition) is 0. The second-order valence-corrected chi connectivity index (χ2v) is 3.75. The summed E-state index contributed by atoms with van der Waals surface area (Å²) >= 11 is 7.00. The van der Waals surface area contributed by atoms with Crippen LogP contribution in [0.5, 0.6) is 5.19 Å². The molecule has 2 rings (SSSR count). The Kier molecular flexibility index (Phi) is 2.65. The largest absolute Gasteiger partial charge is 0.472 e. The number of hydrogen-bond acceptors (Lipinski definition) is 4. The van der Waals surface area contributed by atoms with Crippen LogP contribution >= 0.6 is 23.1 Å².